The first kappa shape index (κ1) is 29.1. The number of carbonyl (C=O) groups excluding carboxylic acids is 2. The quantitative estimate of drug-likeness (QED) is 0.328. The number of hydrogen-bond acceptors (Lipinski definition) is 7. The number of sulfonamides is 1. The van der Waals surface area contributed by atoms with Gasteiger partial charge in [0.05, 0.1) is 28.3 Å². The molecule has 0 saturated carbocycles. The third kappa shape index (κ3) is 7.21. The molecule has 0 aromatic heterocycles. The van der Waals surface area contributed by atoms with Gasteiger partial charge in [-0.05, 0) is 37.6 Å². The normalized spacial score (nSPS) is 11.9. The van der Waals surface area contributed by atoms with Crippen molar-refractivity contribution in [2.24, 2.45) is 0 Å². The van der Waals surface area contributed by atoms with Crippen molar-refractivity contribution < 1.29 is 27.7 Å². The van der Waals surface area contributed by atoms with Crippen LogP contribution in [0.3, 0.4) is 0 Å². The van der Waals surface area contributed by atoms with Crippen LogP contribution in [-0.4, -0.2) is 62.6 Å². The smallest absolute Gasteiger partial charge is 0.271 e. The number of ether oxygens (including phenoxy) is 1. The topological polar surface area (TPSA) is 139 Å². The third-order valence-corrected chi connectivity index (χ3v) is 7.04. The molecule has 0 bridgehead atoms. The maximum atomic E-state index is 13.5. The number of hydrogen-bond donors (Lipinski definition) is 1. The standard InChI is InChI=1S/C22H26Cl2N4O7S/c1-5-25-22(30)14(2)26(12-15-6-8-17(23)18(24)10-15)21(29)13-27(36(4,33)34)19-11-16(28(31)32)7-9-20(19)35-3/h6-11,14H,5,12-13H2,1-4H3,(H,25,30)/t14-/m1/s1. The number of carbonyl (C=O) groups is 2. The molecule has 14 heteroatoms. The van der Waals surface area contributed by atoms with Gasteiger partial charge in [0, 0.05) is 25.2 Å². The van der Waals surface area contributed by atoms with Crippen molar-refractivity contribution in [1.29, 1.82) is 0 Å². The molecule has 2 aromatic rings. The largest absolute Gasteiger partial charge is 0.495 e. The Morgan fingerprint density at radius 1 is 1.17 bits per heavy atom. The molecule has 0 aliphatic rings. The summed E-state index contributed by atoms with van der Waals surface area (Å²) in [6.45, 7) is 2.70. The predicted molar refractivity (Wildman–Crippen MR) is 137 cm³/mol. The van der Waals surface area contributed by atoms with Crippen molar-refractivity contribution in [3.05, 3.63) is 62.1 Å². The SMILES string of the molecule is CCNC(=O)[C@@H](C)N(Cc1ccc(Cl)c(Cl)c1)C(=O)CN(c1cc([N+](=O)[O-])ccc1OC)S(C)(=O)=O. The van der Waals surface area contributed by atoms with Crippen molar-refractivity contribution >= 4 is 56.4 Å². The average molecular weight is 561 g/mol. The van der Waals surface area contributed by atoms with Crippen molar-refractivity contribution in [2.45, 2.75) is 26.4 Å². The van der Waals surface area contributed by atoms with Crippen molar-refractivity contribution in [2.75, 3.05) is 30.8 Å². The zero-order valence-corrected chi connectivity index (χ0v) is 22.4. The second kappa shape index (κ2) is 12.2. The minimum atomic E-state index is -4.12. The average Bonchev–Trinajstić information content (AvgIpc) is 2.81. The van der Waals surface area contributed by atoms with E-state index in [1.807, 2.05) is 0 Å². The highest BCUT2D eigenvalue weighted by molar-refractivity contribution is 7.92. The number of non-ortho nitro benzene ring substituents is 1. The number of likely N-dealkylation sites (N-methyl/N-ethyl adjacent to an activating group) is 1. The van der Waals surface area contributed by atoms with Gasteiger partial charge in [-0.3, -0.25) is 24.0 Å². The van der Waals surface area contributed by atoms with Crippen LogP contribution in [0.15, 0.2) is 36.4 Å². The lowest BCUT2D eigenvalue weighted by atomic mass is 10.1. The highest BCUT2D eigenvalue weighted by Crippen LogP contribution is 2.34. The summed E-state index contributed by atoms with van der Waals surface area (Å²) in [5, 5.41) is 14.5. The van der Waals surface area contributed by atoms with E-state index in [2.05, 4.69) is 5.32 Å². The molecule has 0 aliphatic carbocycles. The first-order valence-corrected chi connectivity index (χ1v) is 13.2. The molecule has 2 aromatic carbocycles. The Bertz CT molecular complexity index is 1260. The zero-order valence-electron chi connectivity index (χ0n) is 20.0. The number of nitrogens with zero attached hydrogens (tertiary/aromatic N) is 3. The Morgan fingerprint density at radius 3 is 2.36 bits per heavy atom. The van der Waals surface area contributed by atoms with Crippen molar-refractivity contribution in [3.63, 3.8) is 0 Å². The third-order valence-electron chi connectivity index (χ3n) is 5.18. The molecule has 36 heavy (non-hydrogen) atoms. The molecule has 2 amide bonds. The van der Waals surface area contributed by atoms with E-state index >= 15 is 0 Å². The number of rotatable bonds is 11. The van der Waals surface area contributed by atoms with Gasteiger partial charge in [0.2, 0.25) is 21.8 Å². The van der Waals surface area contributed by atoms with Gasteiger partial charge < -0.3 is 15.0 Å². The number of methoxy groups -OCH3 is 1. The van der Waals surface area contributed by atoms with E-state index in [0.717, 1.165) is 18.4 Å². The monoisotopic (exact) mass is 560 g/mol. The van der Waals surface area contributed by atoms with Crippen LogP contribution in [0.2, 0.25) is 10.0 Å². The Labute approximate surface area is 219 Å². The van der Waals surface area contributed by atoms with E-state index in [4.69, 9.17) is 27.9 Å². The van der Waals surface area contributed by atoms with Crippen molar-refractivity contribution in [1.82, 2.24) is 10.2 Å². The predicted octanol–water partition coefficient (Wildman–Crippen LogP) is 3.23. The van der Waals surface area contributed by atoms with Gasteiger partial charge in [0.1, 0.15) is 24.0 Å². The van der Waals surface area contributed by atoms with Gasteiger partial charge in [-0.15, -0.1) is 0 Å². The summed E-state index contributed by atoms with van der Waals surface area (Å²) in [5.74, 6) is -1.19. The van der Waals surface area contributed by atoms with E-state index in [1.165, 1.54) is 37.1 Å². The Hall–Kier alpha value is -3.09. The Morgan fingerprint density at radius 2 is 1.83 bits per heavy atom. The van der Waals surface area contributed by atoms with Gasteiger partial charge >= 0.3 is 0 Å². The maximum absolute atomic E-state index is 13.5. The summed E-state index contributed by atoms with van der Waals surface area (Å²) < 4.78 is 31.3. The fourth-order valence-corrected chi connectivity index (χ4v) is 4.49. The maximum Gasteiger partial charge on any atom is 0.271 e. The summed E-state index contributed by atoms with van der Waals surface area (Å²) in [7, 11) is -2.85. The van der Waals surface area contributed by atoms with E-state index in [0.29, 0.717) is 21.4 Å². The zero-order chi connectivity index (χ0) is 27.2. The Balaban J connectivity index is 2.53. The highest BCUT2D eigenvalue weighted by atomic mass is 35.5. The van der Waals surface area contributed by atoms with Crippen LogP contribution in [-0.2, 0) is 26.2 Å². The lowest BCUT2D eigenvalue weighted by molar-refractivity contribution is -0.384. The number of amides is 2. The number of halogens is 2. The molecular formula is C22H26Cl2N4O7S. The minimum absolute atomic E-state index is 0.00614. The molecule has 0 heterocycles. The first-order valence-electron chi connectivity index (χ1n) is 10.6. The lowest BCUT2D eigenvalue weighted by Gasteiger charge is -2.31. The summed E-state index contributed by atoms with van der Waals surface area (Å²) >= 11 is 12.1. The molecule has 2 rings (SSSR count). The van der Waals surface area contributed by atoms with Gasteiger partial charge in [-0.1, -0.05) is 29.3 Å². The lowest BCUT2D eigenvalue weighted by Crippen LogP contribution is -2.51. The Kier molecular flexibility index (Phi) is 9.91. The first-order chi connectivity index (χ1) is 16.8. The molecule has 1 atom stereocenters. The molecule has 11 nitrogen and oxygen atoms in total. The number of nitro groups is 1. The molecule has 0 radical (unpaired) electrons. The fraction of sp³-hybridized carbons (Fsp3) is 0.364. The van der Waals surface area contributed by atoms with E-state index in [-0.39, 0.29) is 23.0 Å². The summed E-state index contributed by atoms with van der Waals surface area (Å²) in [6.07, 6.45) is 0.856. The van der Waals surface area contributed by atoms with Gasteiger partial charge in [0.15, 0.2) is 0 Å². The second-order valence-electron chi connectivity index (χ2n) is 7.72. The van der Waals surface area contributed by atoms with Gasteiger partial charge in [0.25, 0.3) is 5.69 Å². The fourth-order valence-electron chi connectivity index (χ4n) is 3.32. The number of nitrogens with one attached hydrogen (secondary N) is 1. The van der Waals surface area contributed by atoms with Crippen LogP contribution in [0.25, 0.3) is 0 Å². The van der Waals surface area contributed by atoms with Gasteiger partial charge in [-0.2, -0.15) is 0 Å². The van der Waals surface area contributed by atoms with Crippen molar-refractivity contribution in [3.8, 4) is 5.75 Å². The van der Waals surface area contributed by atoms with Crippen LogP contribution in [0, 0.1) is 10.1 Å². The number of benzene rings is 2. The molecular weight excluding hydrogens is 535 g/mol. The van der Waals surface area contributed by atoms with E-state index in [9.17, 15) is 28.1 Å². The summed E-state index contributed by atoms with van der Waals surface area (Å²) in [6, 6.07) is 7.10. The van der Waals surface area contributed by atoms with Gasteiger partial charge in [-0.25, -0.2) is 8.42 Å². The second-order valence-corrected chi connectivity index (χ2v) is 10.4. The molecule has 0 unspecified atom stereocenters. The van der Waals surface area contributed by atoms with Crippen LogP contribution in [0.4, 0.5) is 11.4 Å². The highest BCUT2D eigenvalue weighted by Gasteiger charge is 2.32. The van der Waals surface area contributed by atoms with E-state index in [1.54, 1.807) is 13.0 Å². The molecule has 196 valence electrons. The van der Waals surface area contributed by atoms with Crippen LogP contribution >= 0.6 is 23.2 Å². The number of nitro benzene ring substituents is 1. The van der Waals surface area contributed by atoms with E-state index < -0.39 is 45.0 Å². The molecule has 0 spiro atoms. The van der Waals surface area contributed by atoms with Crippen LogP contribution < -0.4 is 14.4 Å². The van der Waals surface area contributed by atoms with Crippen LogP contribution in [0.5, 0.6) is 5.75 Å². The molecule has 0 saturated heterocycles. The molecule has 0 fully saturated rings. The summed E-state index contributed by atoms with van der Waals surface area (Å²) in [5.41, 5.74) is -0.0364. The number of anilines is 1. The minimum Gasteiger partial charge on any atom is -0.495 e. The molecule has 1 N–H and O–H groups in total. The molecule has 0 aliphatic heterocycles. The summed E-state index contributed by atoms with van der Waals surface area (Å²) in [4.78, 5) is 37.9. The van der Waals surface area contributed by atoms with Crippen LogP contribution in [0.1, 0.15) is 19.4 Å².